The van der Waals surface area contributed by atoms with E-state index in [0.717, 1.165) is 32.8 Å². The smallest absolute Gasteiger partial charge is 0.0589 e. The molecule has 0 radical (unpaired) electrons. The molecule has 1 aliphatic rings. The summed E-state index contributed by atoms with van der Waals surface area (Å²) in [5.41, 5.74) is 0. The fourth-order valence-corrected chi connectivity index (χ4v) is 1.42. The zero-order valence-electron chi connectivity index (χ0n) is 7.47. The highest BCUT2D eigenvalue weighted by Gasteiger charge is 2.16. The van der Waals surface area contributed by atoms with E-state index in [-0.39, 0.29) is 0 Å². The summed E-state index contributed by atoms with van der Waals surface area (Å²) in [6, 6.07) is 0.666. The lowest BCUT2D eigenvalue weighted by atomic mass is 10.2. The third kappa shape index (κ3) is 2.77. The van der Waals surface area contributed by atoms with E-state index < -0.39 is 0 Å². The Morgan fingerprint density at radius 2 is 2.45 bits per heavy atom. The van der Waals surface area contributed by atoms with Crippen molar-refractivity contribution in [3.63, 3.8) is 0 Å². The Balaban J connectivity index is 2.18. The van der Waals surface area contributed by atoms with Crippen molar-refractivity contribution in [2.75, 3.05) is 39.9 Å². The minimum Gasteiger partial charge on any atom is -0.383 e. The van der Waals surface area contributed by atoms with E-state index in [9.17, 15) is 0 Å². The SMILES string of the molecule is COCCN1CCNC[C@H]1C. The first-order valence-electron chi connectivity index (χ1n) is 4.28. The minimum absolute atomic E-state index is 0.666. The molecule has 1 heterocycles. The van der Waals surface area contributed by atoms with Crippen LogP contribution in [0.2, 0.25) is 0 Å². The van der Waals surface area contributed by atoms with Crippen molar-refractivity contribution in [1.82, 2.24) is 10.2 Å². The number of nitrogens with zero attached hydrogens (tertiary/aromatic N) is 1. The molecule has 3 heteroatoms. The van der Waals surface area contributed by atoms with E-state index >= 15 is 0 Å². The molecule has 1 saturated heterocycles. The van der Waals surface area contributed by atoms with Crippen LogP contribution in [0.4, 0.5) is 0 Å². The lowest BCUT2D eigenvalue weighted by Crippen LogP contribution is -2.50. The average molecular weight is 158 g/mol. The van der Waals surface area contributed by atoms with Gasteiger partial charge in [0.15, 0.2) is 0 Å². The van der Waals surface area contributed by atoms with Gasteiger partial charge in [0.05, 0.1) is 6.61 Å². The second-order valence-electron chi connectivity index (χ2n) is 3.08. The normalized spacial score (nSPS) is 27.3. The van der Waals surface area contributed by atoms with E-state index in [4.69, 9.17) is 4.74 Å². The van der Waals surface area contributed by atoms with Crippen LogP contribution in [0.25, 0.3) is 0 Å². The van der Waals surface area contributed by atoms with Crippen molar-refractivity contribution in [2.45, 2.75) is 13.0 Å². The van der Waals surface area contributed by atoms with Gasteiger partial charge in [-0.15, -0.1) is 0 Å². The van der Waals surface area contributed by atoms with E-state index in [2.05, 4.69) is 17.1 Å². The van der Waals surface area contributed by atoms with Crippen molar-refractivity contribution >= 4 is 0 Å². The Morgan fingerprint density at radius 3 is 3.09 bits per heavy atom. The summed E-state index contributed by atoms with van der Waals surface area (Å²) in [5, 5.41) is 3.36. The van der Waals surface area contributed by atoms with Crippen LogP contribution < -0.4 is 5.32 Å². The Bertz CT molecular complexity index is 108. The molecule has 0 unspecified atom stereocenters. The molecular formula is C8H18N2O. The largest absolute Gasteiger partial charge is 0.383 e. The fourth-order valence-electron chi connectivity index (χ4n) is 1.42. The summed E-state index contributed by atoms with van der Waals surface area (Å²) < 4.78 is 5.03. The van der Waals surface area contributed by atoms with Crippen molar-refractivity contribution in [3.8, 4) is 0 Å². The van der Waals surface area contributed by atoms with E-state index in [1.165, 1.54) is 0 Å². The lowest BCUT2D eigenvalue weighted by Gasteiger charge is -2.33. The number of rotatable bonds is 3. The van der Waals surface area contributed by atoms with Crippen LogP contribution in [0.3, 0.4) is 0 Å². The molecule has 0 bridgehead atoms. The van der Waals surface area contributed by atoms with Gasteiger partial charge in [-0.25, -0.2) is 0 Å². The molecule has 66 valence electrons. The number of ether oxygens (including phenoxy) is 1. The van der Waals surface area contributed by atoms with Crippen LogP contribution in [0, 0.1) is 0 Å². The van der Waals surface area contributed by atoms with Gasteiger partial charge >= 0.3 is 0 Å². The third-order valence-corrected chi connectivity index (χ3v) is 2.22. The Labute approximate surface area is 68.7 Å². The van der Waals surface area contributed by atoms with E-state index in [1.54, 1.807) is 7.11 Å². The molecule has 1 N–H and O–H groups in total. The zero-order valence-corrected chi connectivity index (χ0v) is 7.47. The second kappa shape index (κ2) is 4.70. The van der Waals surface area contributed by atoms with Crippen molar-refractivity contribution in [1.29, 1.82) is 0 Å². The van der Waals surface area contributed by atoms with Crippen molar-refractivity contribution in [2.24, 2.45) is 0 Å². The highest BCUT2D eigenvalue weighted by Crippen LogP contribution is 2.00. The monoisotopic (exact) mass is 158 g/mol. The van der Waals surface area contributed by atoms with Gasteiger partial charge < -0.3 is 10.1 Å². The van der Waals surface area contributed by atoms with Gasteiger partial charge in [-0.1, -0.05) is 0 Å². The quantitative estimate of drug-likeness (QED) is 0.622. The first-order chi connectivity index (χ1) is 5.34. The first kappa shape index (κ1) is 8.97. The molecule has 0 saturated carbocycles. The van der Waals surface area contributed by atoms with Crippen molar-refractivity contribution < 1.29 is 4.74 Å². The molecule has 0 amide bonds. The third-order valence-electron chi connectivity index (χ3n) is 2.22. The number of methoxy groups -OCH3 is 1. The molecule has 1 atom stereocenters. The topological polar surface area (TPSA) is 24.5 Å². The standard InChI is InChI=1S/C8H18N2O/c1-8-7-9-3-4-10(8)5-6-11-2/h8-9H,3-7H2,1-2H3/t8-/m1/s1. The summed E-state index contributed by atoms with van der Waals surface area (Å²) in [6.07, 6.45) is 0. The predicted octanol–water partition coefficient (Wildman–Crippen LogP) is -0.0735. The van der Waals surface area contributed by atoms with E-state index in [0.29, 0.717) is 6.04 Å². The number of piperazine rings is 1. The molecule has 11 heavy (non-hydrogen) atoms. The first-order valence-corrected chi connectivity index (χ1v) is 4.28. The predicted molar refractivity (Wildman–Crippen MR) is 45.8 cm³/mol. The molecule has 1 aliphatic heterocycles. The van der Waals surface area contributed by atoms with Crippen LogP contribution >= 0.6 is 0 Å². The Hall–Kier alpha value is -0.120. The summed E-state index contributed by atoms with van der Waals surface area (Å²) >= 11 is 0. The van der Waals surface area contributed by atoms with Crippen LogP contribution in [-0.4, -0.2) is 50.8 Å². The van der Waals surface area contributed by atoms with Crippen molar-refractivity contribution in [3.05, 3.63) is 0 Å². The summed E-state index contributed by atoms with van der Waals surface area (Å²) in [5.74, 6) is 0. The molecule has 3 nitrogen and oxygen atoms in total. The summed E-state index contributed by atoms with van der Waals surface area (Å²) in [4.78, 5) is 2.46. The van der Waals surface area contributed by atoms with Gasteiger partial charge in [0, 0.05) is 39.3 Å². The highest BCUT2D eigenvalue weighted by atomic mass is 16.5. The Morgan fingerprint density at radius 1 is 1.64 bits per heavy atom. The van der Waals surface area contributed by atoms with Gasteiger partial charge in [-0.05, 0) is 6.92 Å². The maximum atomic E-state index is 5.03. The fraction of sp³-hybridized carbons (Fsp3) is 1.00. The molecule has 0 aromatic heterocycles. The summed E-state index contributed by atoms with van der Waals surface area (Å²) in [7, 11) is 1.76. The minimum atomic E-state index is 0.666. The molecule has 0 aromatic carbocycles. The number of nitrogens with one attached hydrogen (secondary N) is 1. The van der Waals surface area contributed by atoms with Crippen LogP contribution in [0.1, 0.15) is 6.92 Å². The van der Waals surface area contributed by atoms with Gasteiger partial charge in [0.2, 0.25) is 0 Å². The van der Waals surface area contributed by atoms with Gasteiger partial charge in [0.25, 0.3) is 0 Å². The maximum absolute atomic E-state index is 5.03. The molecule has 0 spiro atoms. The summed E-state index contributed by atoms with van der Waals surface area (Å²) in [6.45, 7) is 7.56. The average Bonchev–Trinajstić information content (AvgIpc) is 2.03. The van der Waals surface area contributed by atoms with E-state index in [1.807, 2.05) is 0 Å². The molecular weight excluding hydrogens is 140 g/mol. The number of hydrogen-bond donors (Lipinski definition) is 1. The van der Waals surface area contributed by atoms with Gasteiger partial charge in [-0.3, -0.25) is 4.90 Å². The highest BCUT2D eigenvalue weighted by molar-refractivity contribution is 4.75. The Kier molecular flexibility index (Phi) is 3.83. The van der Waals surface area contributed by atoms with Gasteiger partial charge in [0.1, 0.15) is 0 Å². The zero-order chi connectivity index (χ0) is 8.10. The molecule has 0 aliphatic carbocycles. The molecule has 1 rings (SSSR count). The molecule has 1 fully saturated rings. The van der Waals surface area contributed by atoms with Crippen LogP contribution in [0.5, 0.6) is 0 Å². The second-order valence-corrected chi connectivity index (χ2v) is 3.08. The number of hydrogen-bond acceptors (Lipinski definition) is 3. The lowest BCUT2D eigenvalue weighted by molar-refractivity contribution is 0.110. The van der Waals surface area contributed by atoms with Crippen LogP contribution in [0.15, 0.2) is 0 Å². The molecule has 0 aromatic rings. The maximum Gasteiger partial charge on any atom is 0.0589 e. The van der Waals surface area contributed by atoms with Gasteiger partial charge in [-0.2, -0.15) is 0 Å². The van der Waals surface area contributed by atoms with Crippen LogP contribution in [-0.2, 0) is 4.74 Å².